The highest BCUT2D eigenvalue weighted by molar-refractivity contribution is 5.73. The highest BCUT2D eigenvalue weighted by Crippen LogP contribution is 2.26. The van der Waals surface area contributed by atoms with Gasteiger partial charge in [0.1, 0.15) is 5.60 Å². The molecule has 1 aromatic carbocycles. The summed E-state index contributed by atoms with van der Waals surface area (Å²) in [5.74, 6) is 0.149. The van der Waals surface area contributed by atoms with Gasteiger partial charge in [-0.25, -0.2) is 19.0 Å². The van der Waals surface area contributed by atoms with Crippen LogP contribution in [0.5, 0.6) is 0 Å². The molecule has 2 aliphatic rings. The van der Waals surface area contributed by atoms with E-state index in [1.807, 2.05) is 45.9 Å². The summed E-state index contributed by atoms with van der Waals surface area (Å²) in [4.78, 5) is 46.1. The van der Waals surface area contributed by atoms with Crippen LogP contribution in [0.2, 0.25) is 0 Å². The lowest BCUT2D eigenvalue weighted by molar-refractivity contribution is 0.0270. The minimum Gasteiger partial charge on any atom is -0.444 e. The summed E-state index contributed by atoms with van der Waals surface area (Å²) in [6, 6.07) is 7.69. The SMILES string of the molecule is C[C@H](Nc1nc(=O)n(C2CCOCC2)c(=O)[nH]1)c1cccc(C2=CCN(C(=O)OC(C)(C)C)CC2)c1. The van der Waals surface area contributed by atoms with Crippen molar-refractivity contribution in [2.24, 2.45) is 0 Å². The fourth-order valence-electron chi connectivity index (χ4n) is 4.48. The molecule has 36 heavy (non-hydrogen) atoms. The number of benzene rings is 1. The molecule has 2 aromatic rings. The number of H-pyrrole nitrogens is 1. The van der Waals surface area contributed by atoms with Crippen LogP contribution in [-0.4, -0.2) is 57.4 Å². The van der Waals surface area contributed by atoms with Crippen LogP contribution in [0.25, 0.3) is 5.57 Å². The number of hydrogen-bond donors (Lipinski definition) is 2. The third-order valence-electron chi connectivity index (χ3n) is 6.39. The van der Waals surface area contributed by atoms with Crippen molar-refractivity contribution < 1.29 is 14.3 Å². The average Bonchev–Trinajstić information content (AvgIpc) is 2.83. The number of rotatable bonds is 5. The topological polar surface area (TPSA) is 119 Å². The lowest BCUT2D eigenvalue weighted by atomic mass is 9.96. The molecule has 0 radical (unpaired) electrons. The second kappa shape index (κ2) is 10.7. The van der Waals surface area contributed by atoms with Crippen molar-refractivity contribution in [3.8, 4) is 0 Å². The number of aromatic nitrogens is 3. The van der Waals surface area contributed by atoms with E-state index in [4.69, 9.17) is 9.47 Å². The van der Waals surface area contributed by atoms with E-state index in [9.17, 15) is 14.4 Å². The number of amides is 1. The Bertz CT molecular complexity index is 1210. The molecule has 4 rings (SSSR count). The largest absolute Gasteiger partial charge is 0.444 e. The predicted octanol–water partition coefficient (Wildman–Crippen LogP) is 3.48. The maximum absolute atomic E-state index is 12.6. The fraction of sp³-hybridized carbons (Fsp3) is 0.538. The Hall–Kier alpha value is -3.40. The predicted molar refractivity (Wildman–Crippen MR) is 137 cm³/mol. The molecule has 2 aliphatic heterocycles. The fourth-order valence-corrected chi connectivity index (χ4v) is 4.48. The molecule has 10 nitrogen and oxygen atoms in total. The van der Waals surface area contributed by atoms with E-state index in [1.165, 1.54) is 4.57 Å². The Kier molecular flexibility index (Phi) is 7.63. The molecule has 194 valence electrons. The van der Waals surface area contributed by atoms with Crippen molar-refractivity contribution >= 4 is 17.6 Å². The summed E-state index contributed by atoms with van der Waals surface area (Å²) in [7, 11) is 0. The van der Waals surface area contributed by atoms with Gasteiger partial charge in [-0.05, 0) is 69.7 Å². The van der Waals surface area contributed by atoms with E-state index >= 15 is 0 Å². The van der Waals surface area contributed by atoms with Crippen molar-refractivity contribution in [1.29, 1.82) is 0 Å². The number of ether oxygens (including phenoxy) is 2. The van der Waals surface area contributed by atoms with Gasteiger partial charge < -0.3 is 19.7 Å². The minimum absolute atomic E-state index is 0.149. The number of carbonyl (C=O) groups excluding carboxylic acids is 1. The Morgan fingerprint density at radius 1 is 1.25 bits per heavy atom. The van der Waals surface area contributed by atoms with Gasteiger partial charge in [-0.2, -0.15) is 4.98 Å². The maximum Gasteiger partial charge on any atom is 0.410 e. The Balaban J connectivity index is 1.44. The van der Waals surface area contributed by atoms with Gasteiger partial charge in [0.05, 0.1) is 6.04 Å². The first-order valence-corrected chi connectivity index (χ1v) is 12.4. The third-order valence-corrected chi connectivity index (χ3v) is 6.39. The Morgan fingerprint density at radius 2 is 2.00 bits per heavy atom. The monoisotopic (exact) mass is 497 g/mol. The van der Waals surface area contributed by atoms with Crippen molar-refractivity contribution in [1.82, 2.24) is 19.4 Å². The zero-order chi connectivity index (χ0) is 25.9. The molecule has 0 bridgehead atoms. The molecule has 0 spiro atoms. The zero-order valence-electron chi connectivity index (χ0n) is 21.4. The van der Waals surface area contributed by atoms with Crippen molar-refractivity contribution in [3.63, 3.8) is 0 Å². The van der Waals surface area contributed by atoms with Crippen LogP contribution in [0, 0.1) is 0 Å². The molecule has 2 N–H and O–H groups in total. The van der Waals surface area contributed by atoms with E-state index in [2.05, 4.69) is 27.4 Å². The number of nitrogens with zero attached hydrogens (tertiary/aromatic N) is 3. The summed E-state index contributed by atoms with van der Waals surface area (Å²) in [6.07, 6.45) is 3.71. The molecule has 1 fully saturated rings. The minimum atomic E-state index is -0.559. The lowest BCUT2D eigenvalue weighted by Gasteiger charge is -2.29. The summed E-state index contributed by atoms with van der Waals surface area (Å²) < 4.78 is 12.0. The quantitative estimate of drug-likeness (QED) is 0.649. The van der Waals surface area contributed by atoms with Crippen LogP contribution in [0.1, 0.15) is 70.2 Å². The van der Waals surface area contributed by atoms with E-state index < -0.39 is 17.0 Å². The molecule has 10 heteroatoms. The molecule has 1 atom stereocenters. The van der Waals surface area contributed by atoms with Gasteiger partial charge in [0.25, 0.3) is 0 Å². The standard InChI is InChI=1S/C26H35N5O5/c1-17(27-22-28-23(32)31(24(33)29-22)21-10-14-35-15-11-21)19-6-5-7-20(16-19)18-8-12-30(13-9-18)25(34)36-26(2,3)4/h5-8,16-17,21H,9-15H2,1-4H3,(H2,27,28,29,32,33)/t17-/m0/s1. The molecule has 1 amide bonds. The van der Waals surface area contributed by atoms with Gasteiger partial charge in [0.2, 0.25) is 5.95 Å². The summed E-state index contributed by atoms with van der Waals surface area (Å²) in [5.41, 5.74) is 1.67. The van der Waals surface area contributed by atoms with E-state index in [0.29, 0.717) is 39.1 Å². The first-order valence-electron chi connectivity index (χ1n) is 12.4. The van der Waals surface area contributed by atoms with Crippen molar-refractivity contribution in [2.45, 2.75) is 64.6 Å². The first-order chi connectivity index (χ1) is 17.1. The number of carbonyl (C=O) groups is 1. The first kappa shape index (κ1) is 25.7. The van der Waals surface area contributed by atoms with Crippen LogP contribution in [0.3, 0.4) is 0 Å². The van der Waals surface area contributed by atoms with Gasteiger partial charge >= 0.3 is 17.5 Å². The van der Waals surface area contributed by atoms with Gasteiger partial charge in [-0.3, -0.25) is 4.98 Å². The van der Waals surface area contributed by atoms with E-state index in [0.717, 1.165) is 23.1 Å². The second-order valence-electron chi connectivity index (χ2n) is 10.3. The van der Waals surface area contributed by atoms with Crippen LogP contribution >= 0.6 is 0 Å². The van der Waals surface area contributed by atoms with E-state index in [1.54, 1.807) is 4.90 Å². The van der Waals surface area contributed by atoms with Crippen molar-refractivity contribution in [3.05, 3.63) is 62.4 Å². The molecule has 0 aliphatic carbocycles. The number of nitrogens with one attached hydrogen (secondary N) is 2. The maximum atomic E-state index is 12.6. The van der Waals surface area contributed by atoms with Gasteiger partial charge in [0.15, 0.2) is 0 Å². The second-order valence-corrected chi connectivity index (χ2v) is 10.3. The molecular weight excluding hydrogens is 462 g/mol. The van der Waals surface area contributed by atoms with Gasteiger partial charge in [-0.1, -0.05) is 24.3 Å². The number of hydrogen-bond acceptors (Lipinski definition) is 7. The molecular formula is C26H35N5O5. The summed E-state index contributed by atoms with van der Waals surface area (Å²) in [6.45, 7) is 9.67. The van der Waals surface area contributed by atoms with Crippen LogP contribution < -0.4 is 16.7 Å². The summed E-state index contributed by atoms with van der Waals surface area (Å²) in [5, 5.41) is 3.15. The van der Waals surface area contributed by atoms with Crippen molar-refractivity contribution in [2.75, 3.05) is 31.6 Å². The molecule has 1 saturated heterocycles. The number of anilines is 1. The normalized spacial score (nSPS) is 17.9. The van der Waals surface area contributed by atoms with Gasteiger partial charge in [-0.15, -0.1) is 0 Å². The van der Waals surface area contributed by atoms with E-state index in [-0.39, 0.29) is 24.1 Å². The van der Waals surface area contributed by atoms with Crippen LogP contribution in [-0.2, 0) is 9.47 Å². The van der Waals surface area contributed by atoms with Crippen LogP contribution in [0.4, 0.5) is 10.7 Å². The zero-order valence-corrected chi connectivity index (χ0v) is 21.4. The van der Waals surface area contributed by atoms with Crippen LogP contribution in [0.15, 0.2) is 39.9 Å². The third kappa shape index (κ3) is 6.23. The molecule has 3 heterocycles. The Morgan fingerprint density at radius 3 is 2.64 bits per heavy atom. The highest BCUT2D eigenvalue weighted by atomic mass is 16.6. The Labute approximate surface area is 210 Å². The average molecular weight is 498 g/mol. The molecule has 1 aromatic heterocycles. The molecule has 0 unspecified atom stereocenters. The smallest absolute Gasteiger partial charge is 0.410 e. The molecule has 0 saturated carbocycles. The van der Waals surface area contributed by atoms with Gasteiger partial charge in [0, 0.05) is 32.3 Å². The number of aromatic amines is 1. The summed E-state index contributed by atoms with van der Waals surface area (Å²) >= 11 is 0. The lowest BCUT2D eigenvalue weighted by Crippen LogP contribution is -2.42. The highest BCUT2D eigenvalue weighted by Gasteiger charge is 2.24.